The summed E-state index contributed by atoms with van der Waals surface area (Å²) in [5.74, 6) is 0.734. The Labute approximate surface area is 90.9 Å². The first-order chi connectivity index (χ1) is 7.36. The highest BCUT2D eigenvalue weighted by Crippen LogP contribution is 2.24. The molecule has 0 atom stereocenters. The van der Waals surface area contributed by atoms with Gasteiger partial charge in [0, 0.05) is 18.1 Å². The second-order valence-corrected chi connectivity index (χ2v) is 4.35. The van der Waals surface area contributed by atoms with Gasteiger partial charge >= 0.3 is 0 Å². The molecular weight excluding hydrogens is 186 g/mol. The molecule has 2 nitrogen and oxygen atoms in total. The molecule has 1 aromatic heterocycles. The van der Waals surface area contributed by atoms with Gasteiger partial charge in [-0.2, -0.15) is 4.57 Å². The van der Waals surface area contributed by atoms with Crippen molar-refractivity contribution < 1.29 is 9.36 Å². The molecule has 0 amide bonds. The highest BCUT2D eigenvalue weighted by Gasteiger charge is 2.23. The molecular formula is C13H18NO+. The van der Waals surface area contributed by atoms with Crippen LogP contribution in [-0.4, -0.2) is 5.78 Å². The molecule has 0 aromatic carbocycles. The van der Waals surface area contributed by atoms with Gasteiger partial charge in [0.2, 0.25) is 6.54 Å². The van der Waals surface area contributed by atoms with E-state index in [-0.39, 0.29) is 0 Å². The Kier molecular flexibility index (Phi) is 3.49. The average Bonchev–Trinajstić information content (AvgIpc) is 2.31. The zero-order chi connectivity index (χ0) is 10.5. The molecule has 80 valence electrons. The average molecular weight is 204 g/mol. The number of Topliss-reactive ketones (excluding diaryl/α,β-unsaturated/α-hetero) is 1. The molecule has 0 unspecified atom stereocenters. The van der Waals surface area contributed by atoms with Crippen molar-refractivity contribution in [1.82, 2.24) is 0 Å². The second kappa shape index (κ2) is 5.06. The van der Waals surface area contributed by atoms with Crippen molar-refractivity contribution in [3.05, 3.63) is 30.6 Å². The molecule has 0 radical (unpaired) electrons. The van der Waals surface area contributed by atoms with Gasteiger partial charge in [-0.1, -0.05) is 25.3 Å². The molecule has 1 heterocycles. The van der Waals surface area contributed by atoms with E-state index in [4.69, 9.17) is 0 Å². The number of hydrogen-bond acceptors (Lipinski definition) is 1. The molecule has 1 saturated carbocycles. The SMILES string of the molecule is O=C(C[n+]1ccccc1)C1CCCCC1. The van der Waals surface area contributed by atoms with E-state index >= 15 is 0 Å². The van der Waals surface area contributed by atoms with Gasteiger partial charge in [-0.25, -0.2) is 0 Å². The van der Waals surface area contributed by atoms with Crippen LogP contribution in [0.25, 0.3) is 0 Å². The third-order valence-corrected chi connectivity index (χ3v) is 3.18. The van der Waals surface area contributed by atoms with Crippen molar-refractivity contribution in [2.24, 2.45) is 5.92 Å². The maximum absolute atomic E-state index is 11.9. The Bertz CT molecular complexity index is 315. The smallest absolute Gasteiger partial charge is 0.206 e. The Hall–Kier alpha value is -1.18. The van der Waals surface area contributed by atoms with Gasteiger partial charge in [0.1, 0.15) is 0 Å². The van der Waals surface area contributed by atoms with Crippen molar-refractivity contribution in [3.8, 4) is 0 Å². The first-order valence-electron chi connectivity index (χ1n) is 5.83. The van der Waals surface area contributed by atoms with E-state index in [0.29, 0.717) is 18.2 Å². The lowest BCUT2D eigenvalue weighted by Gasteiger charge is -2.18. The van der Waals surface area contributed by atoms with E-state index in [1.54, 1.807) is 0 Å². The van der Waals surface area contributed by atoms with Gasteiger partial charge in [-0.3, -0.25) is 4.79 Å². The number of nitrogens with zero attached hydrogens (tertiary/aromatic N) is 1. The quantitative estimate of drug-likeness (QED) is 0.691. The zero-order valence-electron chi connectivity index (χ0n) is 9.06. The summed E-state index contributed by atoms with van der Waals surface area (Å²) in [6.45, 7) is 0.547. The molecule has 1 aromatic rings. The van der Waals surface area contributed by atoms with E-state index in [2.05, 4.69) is 0 Å². The lowest BCUT2D eigenvalue weighted by atomic mass is 9.86. The topological polar surface area (TPSA) is 20.9 Å². The van der Waals surface area contributed by atoms with Crippen molar-refractivity contribution >= 4 is 5.78 Å². The first kappa shape index (κ1) is 10.3. The highest BCUT2D eigenvalue weighted by atomic mass is 16.1. The number of aromatic nitrogens is 1. The Balaban J connectivity index is 1.91. The summed E-state index contributed by atoms with van der Waals surface area (Å²) < 4.78 is 1.97. The maximum atomic E-state index is 11.9. The normalized spacial score (nSPS) is 17.6. The largest absolute Gasteiger partial charge is 0.292 e. The molecule has 1 fully saturated rings. The lowest BCUT2D eigenvalue weighted by molar-refractivity contribution is -0.684. The molecule has 0 N–H and O–H groups in total. The van der Waals surface area contributed by atoms with E-state index < -0.39 is 0 Å². The molecule has 1 aliphatic carbocycles. The Morgan fingerprint density at radius 2 is 1.73 bits per heavy atom. The van der Waals surface area contributed by atoms with Gasteiger partial charge in [0.25, 0.3) is 0 Å². The van der Waals surface area contributed by atoms with Crippen LogP contribution in [0.3, 0.4) is 0 Å². The minimum absolute atomic E-state index is 0.325. The number of ketones is 1. The number of pyridine rings is 1. The fraction of sp³-hybridized carbons (Fsp3) is 0.538. The number of carbonyl (C=O) groups excluding carboxylic acids is 1. The van der Waals surface area contributed by atoms with E-state index in [1.165, 1.54) is 19.3 Å². The van der Waals surface area contributed by atoms with Crippen molar-refractivity contribution in [2.45, 2.75) is 38.6 Å². The van der Waals surface area contributed by atoms with Crippen LogP contribution >= 0.6 is 0 Å². The molecule has 15 heavy (non-hydrogen) atoms. The first-order valence-corrected chi connectivity index (χ1v) is 5.83. The van der Waals surface area contributed by atoms with Gasteiger partial charge in [0.15, 0.2) is 18.2 Å². The fourth-order valence-corrected chi connectivity index (χ4v) is 2.27. The summed E-state index contributed by atoms with van der Waals surface area (Å²) in [5.41, 5.74) is 0. The minimum atomic E-state index is 0.325. The predicted molar refractivity (Wildman–Crippen MR) is 58.2 cm³/mol. The number of rotatable bonds is 3. The summed E-state index contributed by atoms with van der Waals surface area (Å²) in [6.07, 6.45) is 9.90. The Morgan fingerprint density at radius 1 is 1.07 bits per heavy atom. The molecule has 0 bridgehead atoms. The summed E-state index contributed by atoms with van der Waals surface area (Å²) in [4.78, 5) is 11.9. The molecule has 0 aliphatic heterocycles. The van der Waals surface area contributed by atoms with E-state index in [1.807, 2.05) is 35.2 Å². The van der Waals surface area contributed by atoms with Crippen molar-refractivity contribution in [2.75, 3.05) is 0 Å². The molecule has 0 saturated heterocycles. The number of hydrogen-bond donors (Lipinski definition) is 0. The summed E-state index contributed by atoms with van der Waals surface area (Å²) in [7, 11) is 0. The predicted octanol–water partition coefficient (Wildman–Crippen LogP) is 2.12. The molecule has 2 heteroatoms. The van der Waals surface area contributed by atoms with Gasteiger partial charge in [0.05, 0.1) is 0 Å². The van der Waals surface area contributed by atoms with Gasteiger partial charge < -0.3 is 0 Å². The molecule has 2 rings (SSSR count). The summed E-state index contributed by atoms with van der Waals surface area (Å²) in [6, 6.07) is 5.91. The van der Waals surface area contributed by atoms with Crippen LogP contribution in [0, 0.1) is 5.92 Å². The third kappa shape index (κ3) is 2.88. The van der Waals surface area contributed by atoms with Crippen LogP contribution in [-0.2, 0) is 11.3 Å². The van der Waals surface area contributed by atoms with Crippen molar-refractivity contribution in [1.29, 1.82) is 0 Å². The maximum Gasteiger partial charge on any atom is 0.206 e. The summed E-state index contributed by atoms with van der Waals surface area (Å²) >= 11 is 0. The highest BCUT2D eigenvalue weighted by molar-refractivity contribution is 5.79. The minimum Gasteiger partial charge on any atom is -0.292 e. The van der Waals surface area contributed by atoms with E-state index in [0.717, 1.165) is 12.8 Å². The van der Waals surface area contributed by atoms with Crippen LogP contribution in [0.2, 0.25) is 0 Å². The standard InChI is InChI=1S/C13H18NO/c15-13(12-7-3-1-4-8-12)11-14-9-5-2-6-10-14/h2,5-6,9-10,12H,1,3-4,7-8,11H2/q+1. The lowest BCUT2D eigenvalue weighted by Crippen LogP contribution is -2.39. The van der Waals surface area contributed by atoms with Crippen LogP contribution in [0.4, 0.5) is 0 Å². The van der Waals surface area contributed by atoms with Gasteiger partial charge in [-0.05, 0) is 12.8 Å². The van der Waals surface area contributed by atoms with Crippen LogP contribution < -0.4 is 4.57 Å². The second-order valence-electron chi connectivity index (χ2n) is 4.35. The zero-order valence-corrected chi connectivity index (χ0v) is 9.06. The fourth-order valence-electron chi connectivity index (χ4n) is 2.27. The van der Waals surface area contributed by atoms with Gasteiger partial charge in [-0.15, -0.1) is 0 Å². The molecule has 1 aliphatic rings. The van der Waals surface area contributed by atoms with Crippen LogP contribution in [0.1, 0.15) is 32.1 Å². The molecule has 0 spiro atoms. The summed E-state index contributed by atoms with van der Waals surface area (Å²) in [5, 5.41) is 0. The monoisotopic (exact) mass is 204 g/mol. The third-order valence-electron chi connectivity index (χ3n) is 3.18. The van der Waals surface area contributed by atoms with Crippen molar-refractivity contribution in [3.63, 3.8) is 0 Å². The van der Waals surface area contributed by atoms with Crippen LogP contribution in [0.5, 0.6) is 0 Å². The Morgan fingerprint density at radius 3 is 2.40 bits per heavy atom. The number of carbonyl (C=O) groups is 1. The van der Waals surface area contributed by atoms with Crippen LogP contribution in [0.15, 0.2) is 30.6 Å². The van der Waals surface area contributed by atoms with E-state index in [9.17, 15) is 4.79 Å².